The summed E-state index contributed by atoms with van der Waals surface area (Å²) in [7, 11) is 6.72. The molecule has 0 heterocycles. The normalized spacial score (nSPS) is 9.56. The quantitative estimate of drug-likeness (QED) is 0.700. The molecule has 0 atom stereocenters. The van der Waals surface area contributed by atoms with Crippen LogP contribution in [-0.4, -0.2) is 0 Å². The third-order valence-electron chi connectivity index (χ3n) is 0.885. The lowest BCUT2D eigenvalue weighted by atomic mass is 10.4. The number of rotatable bonds is 1. The average Bonchev–Trinajstić information content (AvgIpc) is 1.88. The van der Waals surface area contributed by atoms with Crippen LogP contribution < -0.4 is 0 Å². The van der Waals surface area contributed by atoms with E-state index < -0.39 is 0 Å². The summed E-state index contributed by atoms with van der Waals surface area (Å²) in [6.07, 6.45) is 0. The van der Waals surface area contributed by atoms with Crippen LogP contribution >= 0.6 is 37.6 Å². The minimum absolute atomic E-state index is 1.06. The molecular formula is C6H4BrClS. The van der Waals surface area contributed by atoms with E-state index in [9.17, 15) is 0 Å². The highest BCUT2D eigenvalue weighted by molar-refractivity contribution is 9.10. The molecule has 0 fully saturated rings. The van der Waals surface area contributed by atoms with Crippen molar-refractivity contribution in [1.82, 2.24) is 0 Å². The lowest BCUT2D eigenvalue weighted by Crippen LogP contribution is -1.64. The van der Waals surface area contributed by atoms with E-state index in [-0.39, 0.29) is 0 Å². The molecule has 0 spiro atoms. The van der Waals surface area contributed by atoms with E-state index in [4.69, 9.17) is 10.7 Å². The van der Waals surface area contributed by atoms with Crippen molar-refractivity contribution >= 4 is 37.6 Å². The van der Waals surface area contributed by atoms with Gasteiger partial charge in [-0.2, -0.15) is 0 Å². The Bertz CT molecular complexity index is 202. The first-order chi connectivity index (χ1) is 4.33. The fourth-order valence-corrected chi connectivity index (χ4v) is 1.66. The summed E-state index contributed by atoms with van der Waals surface area (Å²) >= 11 is 3.33. The van der Waals surface area contributed by atoms with Gasteiger partial charge < -0.3 is 0 Å². The summed E-state index contributed by atoms with van der Waals surface area (Å²) in [4.78, 5) is 1.06. The van der Waals surface area contributed by atoms with Gasteiger partial charge in [-0.05, 0) is 39.9 Å². The summed E-state index contributed by atoms with van der Waals surface area (Å²) < 4.78 is 1.06. The van der Waals surface area contributed by atoms with Crippen LogP contribution in [0.2, 0.25) is 0 Å². The molecule has 0 radical (unpaired) electrons. The smallest absolute Gasteiger partial charge is 0.0244 e. The van der Waals surface area contributed by atoms with Crippen molar-refractivity contribution in [1.29, 1.82) is 0 Å². The predicted molar refractivity (Wildman–Crippen MR) is 45.9 cm³/mol. The topological polar surface area (TPSA) is 0 Å². The van der Waals surface area contributed by atoms with E-state index in [1.165, 1.54) is 11.0 Å². The molecule has 1 rings (SSSR count). The van der Waals surface area contributed by atoms with Crippen molar-refractivity contribution in [3.8, 4) is 0 Å². The number of halogens is 2. The summed E-state index contributed by atoms with van der Waals surface area (Å²) in [5, 5.41) is 0. The molecule has 0 aromatic heterocycles. The van der Waals surface area contributed by atoms with E-state index in [1.807, 2.05) is 24.3 Å². The maximum Gasteiger partial charge on any atom is 0.0244 e. The second-order valence-corrected chi connectivity index (χ2v) is 3.54. The fraction of sp³-hybridized carbons (Fsp3) is 0. The van der Waals surface area contributed by atoms with E-state index in [0.29, 0.717) is 0 Å². The van der Waals surface area contributed by atoms with Gasteiger partial charge in [-0.25, -0.2) is 0 Å². The van der Waals surface area contributed by atoms with Crippen molar-refractivity contribution in [2.45, 2.75) is 4.90 Å². The van der Waals surface area contributed by atoms with Gasteiger partial charge in [-0.15, -0.1) is 0 Å². The Morgan fingerprint density at radius 2 is 2.22 bits per heavy atom. The Morgan fingerprint density at radius 3 is 2.67 bits per heavy atom. The Morgan fingerprint density at radius 1 is 1.44 bits per heavy atom. The maximum absolute atomic E-state index is 5.49. The minimum atomic E-state index is 1.06. The van der Waals surface area contributed by atoms with E-state index >= 15 is 0 Å². The monoisotopic (exact) mass is 222 g/mol. The molecule has 0 saturated carbocycles. The van der Waals surface area contributed by atoms with Gasteiger partial charge in [-0.1, -0.05) is 22.0 Å². The molecule has 1 aromatic rings. The molecule has 0 aliphatic heterocycles. The molecule has 0 amide bonds. The van der Waals surface area contributed by atoms with Crippen LogP contribution in [0.15, 0.2) is 33.6 Å². The van der Waals surface area contributed by atoms with Gasteiger partial charge in [0.05, 0.1) is 0 Å². The lowest BCUT2D eigenvalue weighted by molar-refractivity contribution is 1.45. The highest BCUT2D eigenvalue weighted by Gasteiger charge is 1.89. The van der Waals surface area contributed by atoms with Crippen LogP contribution in [0.4, 0.5) is 0 Å². The largest absolute Gasteiger partial charge is 0.0600 e. The fourth-order valence-electron chi connectivity index (χ4n) is 0.515. The Balaban J connectivity index is 2.94. The Labute approximate surface area is 71.2 Å². The molecule has 0 aliphatic carbocycles. The van der Waals surface area contributed by atoms with Crippen LogP contribution in [0, 0.1) is 0 Å². The van der Waals surface area contributed by atoms with Gasteiger partial charge in [0.15, 0.2) is 0 Å². The zero-order valence-electron chi connectivity index (χ0n) is 4.47. The molecule has 9 heavy (non-hydrogen) atoms. The SMILES string of the molecule is ClSc1cccc(Br)c1. The minimum Gasteiger partial charge on any atom is -0.0600 e. The molecule has 0 saturated heterocycles. The van der Waals surface area contributed by atoms with Crippen molar-refractivity contribution < 1.29 is 0 Å². The molecule has 1 aromatic carbocycles. The van der Waals surface area contributed by atoms with E-state index in [2.05, 4.69) is 15.9 Å². The van der Waals surface area contributed by atoms with Crippen molar-refractivity contribution in [3.63, 3.8) is 0 Å². The van der Waals surface area contributed by atoms with E-state index in [1.54, 1.807) is 0 Å². The Hall–Kier alpha value is 0.340. The van der Waals surface area contributed by atoms with Crippen LogP contribution in [0.5, 0.6) is 0 Å². The molecule has 3 heteroatoms. The molecule has 0 N–H and O–H groups in total. The second-order valence-electron chi connectivity index (χ2n) is 1.53. The Kier molecular flexibility index (Phi) is 2.89. The number of hydrogen-bond acceptors (Lipinski definition) is 1. The predicted octanol–water partition coefficient (Wildman–Crippen LogP) is 3.70. The van der Waals surface area contributed by atoms with Gasteiger partial charge in [0.1, 0.15) is 0 Å². The number of benzene rings is 1. The zero-order chi connectivity index (χ0) is 6.69. The zero-order valence-corrected chi connectivity index (χ0v) is 7.63. The molecular weight excluding hydrogens is 219 g/mol. The summed E-state index contributed by atoms with van der Waals surface area (Å²) in [6.45, 7) is 0. The molecule has 0 nitrogen and oxygen atoms in total. The number of hydrogen-bond donors (Lipinski definition) is 0. The van der Waals surface area contributed by atoms with Crippen LogP contribution in [0.1, 0.15) is 0 Å². The molecule has 48 valence electrons. The van der Waals surface area contributed by atoms with E-state index in [0.717, 1.165) is 9.37 Å². The highest BCUT2D eigenvalue weighted by atomic mass is 79.9. The van der Waals surface area contributed by atoms with Gasteiger partial charge in [0.2, 0.25) is 0 Å². The summed E-state index contributed by atoms with van der Waals surface area (Å²) in [5.41, 5.74) is 0. The van der Waals surface area contributed by atoms with Gasteiger partial charge in [0.25, 0.3) is 0 Å². The van der Waals surface area contributed by atoms with Crippen LogP contribution in [-0.2, 0) is 0 Å². The average molecular weight is 224 g/mol. The van der Waals surface area contributed by atoms with Crippen LogP contribution in [0.3, 0.4) is 0 Å². The van der Waals surface area contributed by atoms with Crippen LogP contribution in [0.25, 0.3) is 0 Å². The standard InChI is InChI=1S/C6H4BrClS/c7-5-2-1-3-6(4-5)9-8/h1-4H. The molecule has 0 aliphatic rings. The third kappa shape index (κ3) is 2.20. The maximum atomic E-state index is 5.49. The van der Waals surface area contributed by atoms with Crippen molar-refractivity contribution in [2.24, 2.45) is 0 Å². The molecule has 0 unspecified atom stereocenters. The van der Waals surface area contributed by atoms with Gasteiger partial charge >= 0.3 is 0 Å². The molecule has 0 bridgehead atoms. The summed E-state index contributed by atoms with van der Waals surface area (Å²) in [6, 6.07) is 7.85. The van der Waals surface area contributed by atoms with Crippen molar-refractivity contribution in [3.05, 3.63) is 28.7 Å². The highest BCUT2D eigenvalue weighted by Crippen LogP contribution is 2.24. The first kappa shape index (κ1) is 7.45. The van der Waals surface area contributed by atoms with Crippen molar-refractivity contribution in [2.75, 3.05) is 0 Å². The van der Waals surface area contributed by atoms with Gasteiger partial charge in [0, 0.05) is 9.37 Å². The second kappa shape index (κ2) is 3.49. The first-order valence-electron chi connectivity index (χ1n) is 2.37. The third-order valence-corrected chi connectivity index (χ3v) is 2.35. The summed E-state index contributed by atoms with van der Waals surface area (Å²) in [5.74, 6) is 0. The lowest BCUT2D eigenvalue weighted by Gasteiger charge is -1.91. The first-order valence-corrected chi connectivity index (χ1v) is 4.80. The van der Waals surface area contributed by atoms with Gasteiger partial charge in [-0.3, -0.25) is 0 Å².